The number of nitrogens with one attached hydrogen (secondary N) is 1. The van der Waals surface area contributed by atoms with Crippen LogP contribution in [0.15, 0.2) is 48.5 Å². The first-order chi connectivity index (χ1) is 13.5. The zero-order valence-corrected chi connectivity index (χ0v) is 16.3. The van der Waals surface area contributed by atoms with Crippen LogP contribution < -0.4 is 10.1 Å². The van der Waals surface area contributed by atoms with E-state index in [1.807, 2.05) is 48.5 Å². The van der Waals surface area contributed by atoms with Crippen molar-refractivity contribution < 1.29 is 9.53 Å². The number of benzene rings is 2. The van der Waals surface area contributed by atoms with Crippen molar-refractivity contribution in [2.75, 3.05) is 12.4 Å². The highest BCUT2D eigenvalue weighted by Crippen LogP contribution is 2.67. The van der Waals surface area contributed by atoms with Gasteiger partial charge in [0.05, 0.1) is 34.9 Å². The van der Waals surface area contributed by atoms with Crippen molar-refractivity contribution in [2.24, 2.45) is 5.41 Å². The van der Waals surface area contributed by atoms with E-state index in [1.165, 1.54) is 0 Å². The largest absolute Gasteiger partial charge is 0.497 e. The van der Waals surface area contributed by atoms with Gasteiger partial charge in [-0.25, -0.2) is 9.97 Å². The number of anilines is 1. The lowest BCUT2D eigenvalue weighted by molar-refractivity contribution is -0.124. The smallest absolute Gasteiger partial charge is 0.237 e. The van der Waals surface area contributed by atoms with Gasteiger partial charge in [0.25, 0.3) is 0 Å². The van der Waals surface area contributed by atoms with Crippen molar-refractivity contribution in [3.05, 3.63) is 59.9 Å². The Labute approximate surface area is 164 Å². The maximum atomic E-state index is 13.7. The van der Waals surface area contributed by atoms with Crippen LogP contribution in [0.25, 0.3) is 11.0 Å². The number of amides is 1. The molecule has 1 saturated carbocycles. The van der Waals surface area contributed by atoms with E-state index < -0.39 is 5.41 Å². The quantitative estimate of drug-likeness (QED) is 0.737. The maximum absolute atomic E-state index is 13.7. The molecule has 1 heterocycles. The summed E-state index contributed by atoms with van der Waals surface area (Å²) in [5, 5.41) is 3.13. The molecule has 1 fully saturated rings. The van der Waals surface area contributed by atoms with Gasteiger partial charge in [-0.1, -0.05) is 32.0 Å². The Kier molecular flexibility index (Phi) is 3.54. The van der Waals surface area contributed by atoms with Crippen LogP contribution in [0.1, 0.15) is 44.0 Å². The summed E-state index contributed by atoms with van der Waals surface area (Å²) < 4.78 is 5.29. The number of hydrogen-bond acceptors (Lipinski definition) is 4. The van der Waals surface area contributed by atoms with Gasteiger partial charge in [-0.2, -0.15) is 0 Å². The molecule has 0 saturated heterocycles. The summed E-state index contributed by atoms with van der Waals surface area (Å²) in [4.78, 5) is 23.6. The van der Waals surface area contributed by atoms with Crippen molar-refractivity contribution in [1.29, 1.82) is 0 Å². The van der Waals surface area contributed by atoms with E-state index in [9.17, 15) is 4.79 Å². The molecule has 1 amide bonds. The van der Waals surface area contributed by atoms with Crippen LogP contribution in [0.4, 0.5) is 5.69 Å². The summed E-state index contributed by atoms with van der Waals surface area (Å²) in [5.41, 5.74) is 3.41. The van der Waals surface area contributed by atoms with Gasteiger partial charge < -0.3 is 10.1 Å². The predicted octanol–water partition coefficient (Wildman–Crippen LogP) is 4.43. The number of carbonyl (C=O) groups excluding carboxylic acids is 1. The minimum absolute atomic E-state index is 0.00316. The Morgan fingerprint density at radius 1 is 1.11 bits per heavy atom. The summed E-state index contributed by atoms with van der Waals surface area (Å²) in [7, 11) is 1.62. The predicted molar refractivity (Wildman–Crippen MR) is 109 cm³/mol. The van der Waals surface area contributed by atoms with Gasteiger partial charge in [0.1, 0.15) is 5.75 Å². The normalized spacial score (nSPS) is 24.2. The summed E-state index contributed by atoms with van der Waals surface area (Å²) in [6.07, 6.45) is 1.75. The molecule has 5 rings (SSSR count). The number of aromatic nitrogens is 2. The third kappa shape index (κ3) is 2.10. The van der Waals surface area contributed by atoms with Crippen LogP contribution in [-0.4, -0.2) is 23.0 Å². The fraction of sp³-hybridized carbons (Fsp3) is 0.348. The number of rotatable bonds is 3. The van der Waals surface area contributed by atoms with Crippen LogP contribution in [0, 0.1) is 5.41 Å². The van der Waals surface area contributed by atoms with Crippen LogP contribution in [-0.2, 0) is 10.2 Å². The van der Waals surface area contributed by atoms with Gasteiger partial charge in [0.2, 0.25) is 5.91 Å². The highest BCUT2D eigenvalue weighted by atomic mass is 16.5. The Morgan fingerprint density at radius 3 is 2.61 bits per heavy atom. The number of ether oxygens (including phenoxy) is 1. The minimum Gasteiger partial charge on any atom is -0.497 e. The molecule has 2 bridgehead atoms. The molecule has 0 spiro atoms. The van der Waals surface area contributed by atoms with E-state index in [2.05, 4.69) is 19.2 Å². The molecular weight excluding hydrogens is 350 g/mol. The molecule has 3 aromatic rings. The highest BCUT2D eigenvalue weighted by molar-refractivity contribution is 6.01. The Balaban J connectivity index is 1.63. The summed E-state index contributed by atoms with van der Waals surface area (Å²) in [5.74, 6) is 0.962. The van der Waals surface area contributed by atoms with Gasteiger partial charge in [-0.15, -0.1) is 0 Å². The number of carbonyl (C=O) groups is 1. The lowest BCUT2D eigenvalue weighted by Crippen LogP contribution is -2.46. The molecule has 2 aromatic carbocycles. The lowest BCUT2D eigenvalue weighted by atomic mass is 9.67. The molecule has 142 valence electrons. The first-order valence-corrected chi connectivity index (χ1v) is 9.70. The molecule has 1 aromatic heterocycles. The monoisotopic (exact) mass is 373 g/mol. The first kappa shape index (κ1) is 17.2. The molecule has 2 aliphatic carbocycles. The fourth-order valence-electron chi connectivity index (χ4n) is 5.27. The highest BCUT2D eigenvalue weighted by Gasteiger charge is 2.67. The van der Waals surface area contributed by atoms with Crippen LogP contribution in [0.5, 0.6) is 5.75 Å². The fourth-order valence-corrected chi connectivity index (χ4v) is 5.27. The topological polar surface area (TPSA) is 64.1 Å². The molecule has 2 unspecified atom stereocenters. The summed E-state index contributed by atoms with van der Waals surface area (Å²) >= 11 is 0. The van der Waals surface area contributed by atoms with E-state index in [-0.39, 0.29) is 17.2 Å². The molecule has 5 nitrogen and oxygen atoms in total. The molecule has 5 heteroatoms. The molecule has 1 N–H and O–H groups in total. The van der Waals surface area contributed by atoms with Crippen LogP contribution in [0.3, 0.4) is 0 Å². The second kappa shape index (κ2) is 5.77. The van der Waals surface area contributed by atoms with E-state index in [4.69, 9.17) is 14.7 Å². The van der Waals surface area contributed by atoms with Crippen molar-refractivity contribution in [1.82, 2.24) is 9.97 Å². The molecule has 2 atom stereocenters. The number of para-hydroxylation sites is 2. The van der Waals surface area contributed by atoms with Gasteiger partial charge in [-0.05, 0) is 42.5 Å². The summed E-state index contributed by atoms with van der Waals surface area (Å²) in [6, 6.07) is 15.4. The van der Waals surface area contributed by atoms with Crippen LogP contribution >= 0.6 is 0 Å². The second-order valence-corrected chi connectivity index (χ2v) is 8.35. The third-order valence-electron chi connectivity index (χ3n) is 6.83. The zero-order valence-electron chi connectivity index (χ0n) is 16.3. The van der Waals surface area contributed by atoms with Crippen molar-refractivity contribution >= 4 is 22.6 Å². The molecular formula is C23H23N3O2. The first-order valence-electron chi connectivity index (χ1n) is 9.70. The number of methoxy groups -OCH3 is 1. The SMILES string of the molecule is COc1cccc(NC(=O)C23CCC(c4nc5ccccc5nc42)C3(C)C)c1. The third-order valence-corrected chi connectivity index (χ3v) is 6.83. The van der Waals surface area contributed by atoms with Crippen LogP contribution in [0.2, 0.25) is 0 Å². The lowest BCUT2D eigenvalue weighted by Gasteiger charge is -2.36. The van der Waals surface area contributed by atoms with Gasteiger partial charge in [-0.3, -0.25) is 4.79 Å². The standard InChI is InChI=1S/C23H23N3O2/c1-22(2)16-11-12-23(22,21(27)24-14-7-6-8-15(13-14)28-3)20-19(16)25-17-9-4-5-10-18(17)26-20/h4-10,13,16H,11-12H2,1-3H3,(H,24,27). The van der Waals surface area contributed by atoms with Gasteiger partial charge in [0, 0.05) is 17.7 Å². The van der Waals surface area contributed by atoms with Crippen molar-refractivity contribution in [3.8, 4) is 5.75 Å². The van der Waals surface area contributed by atoms with E-state index in [1.54, 1.807) is 7.11 Å². The average molecular weight is 373 g/mol. The Hall–Kier alpha value is -2.95. The number of nitrogens with zero attached hydrogens (tertiary/aromatic N) is 2. The summed E-state index contributed by atoms with van der Waals surface area (Å²) in [6.45, 7) is 4.37. The van der Waals surface area contributed by atoms with Gasteiger partial charge >= 0.3 is 0 Å². The zero-order chi connectivity index (χ0) is 19.5. The Bertz CT molecular complexity index is 1110. The van der Waals surface area contributed by atoms with E-state index in [0.29, 0.717) is 0 Å². The Morgan fingerprint density at radius 2 is 1.86 bits per heavy atom. The maximum Gasteiger partial charge on any atom is 0.237 e. The second-order valence-electron chi connectivity index (χ2n) is 8.35. The van der Waals surface area contributed by atoms with Crippen molar-refractivity contribution in [3.63, 3.8) is 0 Å². The van der Waals surface area contributed by atoms with Gasteiger partial charge in [0.15, 0.2) is 0 Å². The number of fused-ring (bicyclic) bond motifs is 6. The minimum atomic E-state index is -0.674. The average Bonchev–Trinajstić information content (AvgIpc) is 3.08. The molecule has 0 radical (unpaired) electrons. The molecule has 2 aliphatic rings. The van der Waals surface area contributed by atoms with Crippen molar-refractivity contribution in [2.45, 2.75) is 38.0 Å². The van der Waals surface area contributed by atoms with E-state index in [0.717, 1.165) is 46.7 Å². The molecule has 0 aliphatic heterocycles. The number of hydrogen-bond donors (Lipinski definition) is 1. The van der Waals surface area contributed by atoms with E-state index >= 15 is 0 Å². The molecule has 28 heavy (non-hydrogen) atoms.